The van der Waals surface area contributed by atoms with Crippen LogP contribution in [0, 0.1) is 6.92 Å². The number of rotatable bonds is 4. The highest BCUT2D eigenvalue weighted by molar-refractivity contribution is 9.10. The molecule has 0 bridgehead atoms. The van der Waals surface area contributed by atoms with Gasteiger partial charge in [-0.25, -0.2) is 4.98 Å². The van der Waals surface area contributed by atoms with Gasteiger partial charge in [-0.1, -0.05) is 22.0 Å². The van der Waals surface area contributed by atoms with Gasteiger partial charge in [-0.05, 0) is 31.0 Å². The lowest BCUT2D eigenvalue weighted by Gasteiger charge is -2.01. The molecular weight excluding hydrogens is 302 g/mol. The highest BCUT2D eigenvalue weighted by atomic mass is 79.9. The van der Waals surface area contributed by atoms with Crippen molar-refractivity contribution in [3.63, 3.8) is 0 Å². The monoisotopic (exact) mass is 313 g/mol. The topological polar surface area (TPSA) is 26.0 Å². The number of aromatic nitrogens is 1. The molecule has 0 amide bonds. The second-order valence-electron chi connectivity index (χ2n) is 3.89. The Labute approximate surface area is 114 Å². The van der Waals surface area contributed by atoms with E-state index in [2.05, 4.69) is 40.0 Å². The lowest BCUT2D eigenvalue weighted by Crippen LogP contribution is -1.84. The van der Waals surface area contributed by atoms with Gasteiger partial charge in [-0.3, -0.25) is 0 Å². The molecule has 17 heavy (non-hydrogen) atoms. The van der Waals surface area contributed by atoms with Crippen LogP contribution in [0.3, 0.4) is 0 Å². The van der Waals surface area contributed by atoms with Gasteiger partial charge in [0.25, 0.3) is 0 Å². The summed E-state index contributed by atoms with van der Waals surface area (Å²) in [5.41, 5.74) is 2.24. The average molecular weight is 315 g/mol. The molecule has 2 nitrogen and oxygen atoms in total. The third kappa shape index (κ3) is 3.11. The number of oxazole rings is 1. The Morgan fingerprint density at radius 2 is 2.24 bits per heavy atom. The van der Waals surface area contributed by atoms with Crippen molar-refractivity contribution >= 4 is 27.5 Å². The van der Waals surface area contributed by atoms with E-state index >= 15 is 0 Å². The fourth-order valence-corrected chi connectivity index (χ4v) is 2.41. The predicted molar refractivity (Wildman–Crippen MR) is 73.4 cm³/mol. The standard InChI is InChI=1S/C13H13BrClNO/c1-9-4-5-10(11(14)7-9)12-8-16-13(17-12)3-2-6-15/h4-5,7-8H,2-3,6H2,1H3. The van der Waals surface area contributed by atoms with E-state index in [1.54, 1.807) is 6.20 Å². The first-order valence-electron chi connectivity index (χ1n) is 5.48. The van der Waals surface area contributed by atoms with Gasteiger partial charge in [0.15, 0.2) is 11.7 Å². The second kappa shape index (κ2) is 5.69. The number of hydrogen-bond donors (Lipinski definition) is 0. The maximum Gasteiger partial charge on any atom is 0.194 e. The molecule has 1 heterocycles. The Morgan fingerprint density at radius 1 is 1.41 bits per heavy atom. The maximum absolute atomic E-state index is 5.69. The molecule has 4 heteroatoms. The first kappa shape index (κ1) is 12.7. The average Bonchev–Trinajstić information content (AvgIpc) is 2.75. The van der Waals surface area contributed by atoms with Crippen LogP contribution in [-0.2, 0) is 6.42 Å². The molecule has 0 aliphatic heterocycles. The molecule has 0 N–H and O–H groups in total. The van der Waals surface area contributed by atoms with E-state index in [1.807, 2.05) is 6.07 Å². The lowest BCUT2D eigenvalue weighted by atomic mass is 10.1. The molecule has 0 saturated heterocycles. The number of aryl methyl sites for hydroxylation is 2. The van der Waals surface area contributed by atoms with Crippen LogP contribution in [0.2, 0.25) is 0 Å². The fraction of sp³-hybridized carbons (Fsp3) is 0.308. The van der Waals surface area contributed by atoms with Crippen LogP contribution in [0.5, 0.6) is 0 Å². The SMILES string of the molecule is Cc1ccc(-c2cnc(CCCCl)o2)c(Br)c1. The molecule has 0 aliphatic rings. The minimum Gasteiger partial charge on any atom is -0.441 e. The Morgan fingerprint density at radius 3 is 2.94 bits per heavy atom. The number of halogens is 2. The van der Waals surface area contributed by atoms with Gasteiger partial charge in [0.1, 0.15) is 0 Å². The summed E-state index contributed by atoms with van der Waals surface area (Å²) < 4.78 is 6.72. The van der Waals surface area contributed by atoms with Crippen LogP contribution >= 0.6 is 27.5 Å². The van der Waals surface area contributed by atoms with Crippen LogP contribution in [0.25, 0.3) is 11.3 Å². The highest BCUT2D eigenvalue weighted by Crippen LogP contribution is 2.29. The number of alkyl halides is 1. The summed E-state index contributed by atoms with van der Waals surface area (Å²) in [5.74, 6) is 2.17. The quantitative estimate of drug-likeness (QED) is 0.772. The molecule has 0 saturated carbocycles. The summed E-state index contributed by atoms with van der Waals surface area (Å²) >= 11 is 9.18. The van der Waals surface area contributed by atoms with E-state index in [0.29, 0.717) is 5.88 Å². The van der Waals surface area contributed by atoms with Crippen LogP contribution in [0.4, 0.5) is 0 Å². The normalized spacial score (nSPS) is 10.8. The molecule has 2 rings (SSSR count). The Balaban J connectivity index is 2.24. The molecule has 2 aromatic rings. The molecular formula is C13H13BrClNO. The maximum atomic E-state index is 5.69. The molecule has 1 aromatic carbocycles. The van der Waals surface area contributed by atoms with E-state index in [9.17, 15) is 0 Å². The zero-order chi connectivity index (χ0) is 12.3. The van der Waals surface area contributed by atoms with Gasteiger partial charge < -0.3 is 4.42 Å². The summed E-state index contributed by atoms with van der Waals surface area (Å²) in [7, 11) is 0. The third-order valence-electron chi connectivity index (χ3n) is 2.47. The molecule has 0 atom stereocenters. The summed E-state index contributed by atoms with van der Waals surface area (Å²) in [6.07, 6.45) is 3.43. The van der Waals surface area contributed by atoms with Crippen LogP contribution in [0.1, 0.15) is 17.9 Å². The molecule has 0 fully saturated rings. The smallest absolute Gasteiger partial charge is 0.194 e. The second-order valence-corrected chi connectivity index (χ2v) is 5.13. The lowest BCUT2D eigenvalue weighted by molar-refractivity contribution is 0.503. The first-order chi connectivity index (χ1) is 8.20. The Hall–Kier alpha value is -0.800. The third-order valence-corrected chi connectivity index (χ3v) is 3.39. The van der Waals surface area contributed by atoms with Crippen LogP contribution < -0.4 is 0 Å². The van der Waals surface area contributed by atoms with Gasteiger partial charge in [0.05, 0.1) is 6.20 Å². The molecule has 0 aliphatic carbocycles. The van der Waals surface area contributed by atoms with Crippen molar-refractivity contribution in [2.24, 2.45) is 0 Å². The van der Waals surface area contributed by atoms with Gasteiger partial charge in [-0.2, -0.15) is 0 Å². The van der Waals surface area contributed by atoms with Crippen molar-refractivity contribution in [1.29, 1.82) is 0 Å². The fourth-order valence-electron chi connectivity index (χ4n) is 1.59. The van der Waals surface area contributed by atoms with E-state index in [-0.39, 0.29) is 0 Å². The molecule has 0 radical (unpaired) electrons. The van der Waals surface area contributed by atoms with Crippen molar-refractivity contribution in [2.45, 2.75) is 19.8 Å². The zero-order valence-corrected chi connectivity index (χ0v) is 11.9. The molecule has 90 valence electrons. The molecule has 0 unspecified atom stereocenters. The molecule has 1 aromatic heterocycles. The van der Waals surface area contributed by atoms with Crippen molar-refractivity contribution in [3.8, 4) is 11.3 Å². The van der Waals surface area contributed by atoms with Crippen molar-refractivity contribution in [2.75, 3.05) is 5.88 Å². The van der Waals surface area contributed by atoms with Gasteiger partial charge in [0, 0.05) is 22.3 Å². The van der Waals surface area contributed by atoms with Gasteiger partial charge in [0.2, 0.25) is 0 Å². The number of benzene rings is 1. The summed E-state index contributed by atoms with van der Waals surface area (Å²) in [4.78, 5) is 4.25. The summed E-state index contributed by atoms with van der Waals surface area (Å²) in [5, 5.41) is 0. The zero-order valence-electron chi connectivity index (χ0n) is 9.54. The predicted octanol–water partition coefficient (Wildman–Crippen LogP) is 4.58. The largest absolute Gasteiger partial charge is 0.441 e. The minimum absolute atomic E-state index is 0.631. The first-order valence-corrected chi connectivity index (χ1v) is 6.80. The number of nitrogens with zero attached hydrogens (tertiary/aromatic N) is 1. The Kier molecular flexibility index (Phi) is 4.24. The van der Waals surface area contributed by atoms with E-state index < -0.39 is 0 Å². The van der Waals surface area contributed by atoms with E-state index in [0.717, 1.165) is 34.5 Å². The van der Waals surface area contributed by atoms with Crippen molar-refractivity contribution < 1.29 is 4.42 Å². The van der Waals surface area contributed by atoms with Crippen molar-refractivity contribution in [3.05, 3.63) is 40.3 Å². The van der Waals surface area contributed by atoms with Gasteiger partial charge >= 0.3 is 0 Å². The van der Waals surface area contributed by atoms with Crippen LogP contribution in [-0.4, -0.2) is 10.9 Å². The summed E-state index contributed by atoms with van der Waals surface area (Å²) in [6, 6.07) is 6.16. The van der Waals surface area contributed by atoms with Crippen molar-refractivity contribution in [1.82, 2.24) is 4.98 Å². The molecule has 0 spiro atoms. The minimum atomic E-state index is 0.631. The number of hydrogen-bond acceptors (Lipinski definition) is 2. The summed E-state index contributed by atoms with van der Waals surface area (Å²) in [6.45, 7) is 2.06. The van der Waals surface area contributed by atoms with Gasteiger partial charge in [-0.15, -0.1) is 11.6 Å². The van der Waals surface area contributed by atoms with Crippen LogP contribution in [0.15, 0.2) is 33.3 Å². The van der Waals surface area contributed by atoms with E-state index in [4.69, 9.17) is 16.0 Å². The highest BCUT2D eigenvalue weighted by Gasteiger charge is 2.09. The van der Waals surface area contributed by atoms with E-state index in [1.165, 1.54) is 5.56 Å². The Bertz CT molecular complexity index is 510.